The standard InChI is InChI=1S/C16H16N4O2S/c1-22-13-11-20(12-5-3-2-4-6-12)19-15(13)16(21)18-8-7-14-17-9-10-23-14/h2-6,9-11H,7-8H2,1H3,(H,18,21). The Hall–Kier alpha value is -2.67. The fourth-order valence-electron chi connectivity index (χ4n) is 2.12. The number of amides is 1. The molecule has 7 heteroatoms. The monoisotopic (exact) mass is 328 g/mol. The summed E-state index contributed by atoms with van der Waals surface area (Å²) in [6, 6.07) is 9.58. The van der Waals surface area contributed by atoms with Crippen molar-refractivity contribution in [3.05, 3.63) is 58.8 Å². The second-order valence-corrected chi connectivity index (χ2v) is 5.74. The molecule has 0 bridgehead atoms. The third-order valence-electron chi connectivity index (χ3n) is 3.24. The molecule has 1 aromatic carbocycles. The van der Waals surface area contributed by atoms with E-state index >= 15 is 0 Å². The highest BCUT2D eigenvalue weighted by Gasteiger charge is 2.18. The van der Waals surface area contributed by atoms with Crippen LogP contribution in [0.1, 0.15) is 15.5 Å². The van der Waals surface area contributed by atoms with Gasteiger partial charge in [-0.15, -0.1) is 11.3 Å². The van der Waals surface area contributed by atoms with Gasteiger partial charge < -0.3 is 10.1 Å². The van der Waals surface area contributed by atoms with Crippen LogP contribution in [0.5, 0.6) is 5.75 Å². The molecule has 2 heterocycles. The Morgan fingerprint density at radius 2 is 2.17 bits per heavy atom. The van der Waals surface area contributed by atoms with Crippen molar-refractivity contribution in [2.75, 3.05) is 13.7 Å². The number of carbonyl (C=O) groups is 1. The number of methoxy groups -OCH3 is 1. The van der Waals surface area contributed by atoms with Crippen LogP contribution in [0, 0.1) is 0 Å². The molecule has 0 aliphatic carbocycles. The Labute approximate surface area is 137 Å². The maximum absolute atomic E-state index is 12.3. The summed E-state index contributed by atoms with van der Waals surface area (Å²) < 4.78 is 6.90. The van der Waals surface area contributed by atoms with Gasteiger partial charge in [-0.3, -0.25) is 4.79 Å². The van der Waals surface area contributed by atoms with Crippen molar-refractivity contribution in [2.24, 2.45) is 0 Å². The van der Waals surface area contributed by atoms with Gasteiger partial charge in [-0.25, -0.2) is 9.67 Å². The molecule has 3 aromatic rings. The van der Waals surface area contributed by atoms with E-state index in [1.807, 2.05) is 35.7 Å². The molecule has 0 unspecified atom stereocenters. The molecule has 23 heavy (non-hydrogen) atoms. The third-order valence-corrected chi connectivity index (χ3v) is 4.08. The number of benzene rings is 1. The van der Waals surface area contributed by atoms with Crippen LogP contribution in [-0.4, -0.2) is 34.3 Å². The lowest BCUT2D eigenvalue weighted by molar-refractivity contribution is 0.0946. The molecule has 1 amide bonds. The van der Waals surface area contributed by atoms with E-state index in [2.05, 4.69) is 15.4 Å². The van der Waals surface area contributed by atoms with E-state index in [4.69, 9.17) is 4.74 Å². The summed E-state index contributed by atoms with van der Waals surface area (Å²) in [5, 5.41) is 10.1. The summed E-state index contributed by atoms with van der Waals surface area (Å²) in [5.41, 5.74) is 1.14. The number of hydrogen-bond donors (Lipinski definition) is 1. The molecule has 1 N–H and O–H groups in total. The van der Waals surface area contributed by atoms with Crippen LogP contribution < -0.4 is 10.1 Å². The van der Waals surface area contributed by atoms with Crippen molar-refractivity contribution in [3.63, 3.8) is 0 Å². The molecule has 0 atom stereocenters. The molecule has 6 nitrogen and oxygen atoms in total. The van der Waals surface area contributed by atoms with E-state index < -0.39 is 0 Å². The minimum Gasteiger partial charge on any atom is -0.493 e. The van der Waals surface area contributed by atoms with Gasteiger partial charge in [0.2, 0.25) is 0 Å². The Morgan fingerprint density at radius 3 is 2.87 bits per heavy atom. The Morgan fingerprint density at radius 1 is 1.35 bits per heavy atom. The zero-order chi connectivity index (χ0) is 16.1. The molecular weight excluding hydrogens is 312 g/mol. The van der Waals surface area contributed by atoms with E-state index in [9.17, 15) is 4.79 Å². The van der Waals surface area contributed by atoms with E-state index in [0.29, 0.717) is 18.7 Å². The first-order valence-electron chi connectivity index (χ1n) is 7.13. The highest BCUT2D eigenvalue weighted by molar-refractivity contribution is 7.09. The van der Waals surface area contributed by atoms with Crippen LogP contribution in [0.4, 0.5) is 0 Å². The van der Waals surface area contributed by atoms with Crippen molar-refractivity contribution in [1.29, 1.82) is 0 Å². The average Bonchev–Trinajstić information content (AvgIpc) is 3.25. The highest BCUT2D eigenvalue weighted by Crippen LogP contribution is 2.19. The largest absolute Gasteiger partial charge is 0.493 e. The number of para-hydroxylation sites is 1. The quantitative estimate of drug-likeness (QED) is 0.754. The summed E-state index contributed by atoms with van der Waals surface area (Å²) in [6.07, 6.45) is 4.16. The number of nitrogens with one attached hydrogen (secondary N) is 1. The molecule has 0 saturated heterocycles. The first-order chi connectivity index (χ1) is 11.3. The van der Waals surface area contributed by atoms with Crippen molar-refractivity contribution < 1.29 is 9.53 Å². The molecule has 0 radical (unpaired) electrons. The van der Waals surface area contributed by atoms with E-state index in [-0.39, 0.29) is 11.6 Å². The van der Waals surface area contributed by atoms with Gasteiger partial charge in [0.15, 0.2) is 11.4 Å². The van der Waals surface area contributed by atoms with Crippen molar-refractivity contribution in [2.45, 2.75) is 6.42 Å². The number of nitrogens with zero attached hydrogens (tertiary/aromatic N) is 3. The van der Waals surface area contributed by atoms with Gasteiger partial charge in [0.1, 0.15) is 0 Å². The van der Waals surface area contributed by atoms with Gasteiger partial charge in [-0.05, 0) is 12.1 Å². The summed E-state index contributed by atoms with van der Waals surface area (Å²) in [6.45, 7) is 0.508. The second kappa shape index (κ2) is 7.06. The van der Waals surface area contributed by atoms with Crippen LogP contribution in [0.2, 0.25) is 0 Å². The highest BCUT2D eigenvalue weighted by atomic mass is 32.1. The number of carbonyl (C=O) groups excluding carboxylic acids is 1. The van der Waals surface area contributed by atoms with Crippen molar-refractivity contribution in [1.82, 2.24) is 20.1 Å². The smallest absolute Gasteiger partial charge is 0.275 e. The molecular formula is C16H16N4O2S. The fourth-order valence-corrected chi connectivity index (χ4v) is 2.74. The maximum atomic E-state index is 12.3. The number of aromatic nitrogens is 3. The molecule has 0 aliphatic heterocycles. The summed E-state index contributed by atoms with van der Waals surface area (Å²) in [5.74, 6) is 0.189. The molecule has 0 aliphatic rings. The summed E-state index contributed by atoms with van der Waals surface area (Å²) >= 11 is 1.57. The first-order valence-corrected chi connectivity index (χ1v) is 8.01. The van der Waals surface area contributed by atoms with E-state index in [0.717, 1.165) is 10.7 Å². The normalized spacial score (nSPS) is 10.5. The van der Waals surface area contributed by atoms with Crippen molar-refractivity contribution in [3.8, 4) is 11.4 Å². The third kappa shape index (κ3) is 3.57. The minimum atomic E-state index is -0.256. The molecule has 0 saturated carbocycles. The van der Waals surface area contributed by atoms with Gasteiger partial charge in [0, 0.05) is 24.5 Å². The number of rotatable bonds is 6. The molecule has 3 rings (SSSR count). The topological polar surface area (TPSA) is 69.0 Å². The zero-order valence-electron chi connectivity index (χ0n) is 12.6. The predicted octanol–water partition coefficient (Wildman–Crippen LogP) is 2.31. The van der Waals surface area contributed by atoms with Gasteiger partial charge in [-0.2, -0.15) is 5.10 Å². The van der Waals surface area contributed by atoms with Gasteiger partial charge in [0.25, 0.3) is 5.91 Å². The Bertz CT molecular complexity index is 769. The van der Waals surface area contributed by atoms with E-state index in [1.54, 1.807) is 28.4 Å². The van der Waals surface area contributed by atoms with Gasteiger partial charge in [-0.1, -0.05) is 18.2 Å². The fraction of sp³-hybridized carbons (Fsp3) is 0.188. The summed E-state index contributed by atoms with van der Waals surface area (Å²) in [7, 11) is 1.53. The van der Waals surface area contributed by atoms with Crippen LogP contribution in [-0.2, 0) is 6.42 Å². The Balaban J connectivity index is 1.71. The molecule has 0 fully saturated rings. The van der Waals surface area contributed by atoms with Gasteiger partial charge >= 0.3 is 0 Å². The van der Waals surface area contributed by atoms with Gasteiger partial charge in [0.05, 0.1) is 24.0 Å². The first kappa shape index (κ1) is 15.2. The van der Waals surface area contributed by atoms with Crippen LogP contribution in [0.3, 0.4) is 0 Å². The number of thiazole rings is 1. The van der Waals surface area contributed by atoms with Crippen molar-refractivity contribution >= 4 is 17.2 Å². The molecule has 118 valence electrons. The zero-order valence-corrected chi connectivity index (χ0v) is 13.4. The lowest BCUT2D eigenvalue weighted by Crippen LogP contribution is -2.26. The van der Waals surface area contributed by atoms with E-state index in [1.165, 1.54) is 7.11 Å². The van der Waals surface area contributed by atoms with Crippen LogP contribution in [0.25, 0.3) is 5.69 Å². The average molecular weight is 328 g/mol. The second-order valence-electron chi connectivity index (χ2n) is 4.76. The number of hydrogen-bond acceptors (Lipinski definition) is 5. The van der Waals surface area contributed by atoms with Crippen LogP contribution in [0.15, 0.2) is 48.1 Å². The maximum Gasteiger partial charge on any atom is 0.275 e. The minimum absolute atomic E-state index is 0.256. The lowest BCUT2D eigenvalue weighted by atomic mass is 10.3. The lowest BCUT2D eigenvalue weighted by Gasteiger charge is -2.03. The predicted molar refractivity (Wildman–Crippen MR) is 88.3 cm³/mol. The van der Waals surface area contributed by atoms with Crippen LogP contribution >= 0.6 is 11.3 Å². The SMILES string of the molecule is COc1cn(-c2ccccc2)nc1C(=O)NCCc1nccs1. The number of ether oxygens (including phenoxy) is 1. The molecule has 0 spiro atoms. The summed E-state index contributed by atoms with van der Waals surface area (Å²) in [4.78, 5) is 16.5. The Kier molecular flexibility index (Phi) is 4.68. The molecule has 2 aromatic heterocycles.